The van der Waals surface area contributed by atoms with Crippen molar-refractivity contribution in [1.29, 1.82) is 0 Å². The van der Waals surface area contributed by atoms with Crippen molar-refractivity contribution in [2.24, 2.45) is 0 Å². The standard InChI is InChI=1S/C16H9ClF3N5/c17-10-2-1-3-11-13(10)25-7-6-21-15(25)14(23-11)24-12-5-4-9(8-22-12)16(18,19)20/h1-8H,(H,22,23,24). The minimum absolute atomic E-state index is 0.228. The number of anilines is 2. The van der Waals surface area contributed by atoms with Gasteiger partial charge in [-0.2, -0.15) is 13.2 Å². The molecular weight excluding hydrogens is 355 g/mol. The summed E-state index contributed by atoms with van der Waals surface area (Å²) in [5, 5.41) is 3.43. The van der Waals surface area contributed by atoms with E-state index in [-0.39, 0.29) is 5.82 Å². The summed E-state index contributed by atoms with van der Waals surface area (Å²) in [7, 11) is 0. The van der Waals surface area contributed by atoms with Crippen molar-refractivity contribution < 1.29 is 13.2 Å². The van der Waals surface area contributed by atoms with Crippen LogP contribution in [0.4, 0.5) is 24.8 Å². The zero-order chi connectivity index (χ0) is 17.6. The molecule has 1 aromatic carbocycles. The number of nitrogens with zero attached hydrogens (tertiary/aromatic N) is 4. The lowest BCUT2D eigenvalue weighted by Gasteiger charge is -2.11. The van der Waals surface area contributed by atoms with Gasteiger partial charge in [0.2, 0.25) is 0 Å². The van der Waals surface area contributed by atoms with E-state index in [0.717, 1.165) is 12.3 Å². The molecule has 0 radical (unpaired) electrons. The van der Waals surface area contributed by atoms with Gasteiger partial charge in [-0.3, -0.25) is 4.40 Å². The van der Waals surface area contributed by atoms with E-state index in [9.17, 15) is 13.2 Å². The van der Waals surface area contributed by atoms with E-state index < -0.39 is 11.7 Å². The van der Waals surface area contributed by atoms with Gasteiger partial charge < -0.3 is 5.32 Å². The number of benzene rings is 1. The van der Waals surface area contributed by atoms with Crippen molar-refractivity contribution >= 4 is 39.9 Å². The van der Waals surface area contributed by atoms with Crippen LogP contribution in [0.1, 0.15) is 5.56 Å². The lowest BCUT2D eigenvalue weighted by molar-refractivity contribution is -0.137. The maximum atomic E-state index is 12.6. The second-order valence-electron chi connectivity index (χ2n) is 5.24. The second kappa shape index (κ2) is 5.59. The molecule has 0 aliphatic carbocycles. The Labute approximate surface area is 144 Å². The fourth-order valence-electron chi connectivity index (χ4n) is 2.50. The molecule has 1 N–H and O–H groups in total. The van der Waals surface area contributed by atoms with Crippen LogP contribution in [0.2, 0.25) is 5.02 Å². The third kappa shape index (κ3) is 2.74. The number of aromatic nitrogens is 4. The largest absolute Gasteiger partial charge is 0.417 e. The van der Waals surface area contributed by atoms with E-state index in [4.69, 9.17) is 11.6 Å². The van der Waals surface area contributed by atoms with Crippen molar-refractivity contribution in [1.82, 2.24) is 19.4 Å². The minimum atomic E-state index is -4.43. The molecule has 0 spiro atoms. The Morgan fingerprint density at radius 1 is 1.08 bits per heavy atom. The number of rotatable bonds is 2. The Kier molecular flexibility index (Phi) is 3.50. The van der Waals surface area contributed by atoms with Crippen molar-refractivity contribution in [3.05, 3.63) is 59.5 Å². The molecule has 0 atom stereocenters. The van der Waals surface area contributed by atoms with Crippen LogP contribution >= 0.6 is 11.6 Å². The predicted molar refractivity (Wildman–Crippen MR) is 88.0 cm³/mol. The highest BCUT2D eigenvalue weighted by molar-refractivity contribution is 6.35. The number of alkyl halides is 3. The van der Waals surface area contributed by atoms with Gasteiger partial charge >= 0.3 is 6.18 Å². The molecule has 0 amide bonds. The first kappa shape index (κ1) is 15.6. The summed E-state index contributed by atoms with van der Waals surface area (Å²) in [6, 6.07) is 7.49. The van der Waals surface area contributed by atoms with Gasteiger partial charge in [0.1, 0.15) is 5.82 Å². The number of hydrogen-bond acceptors (Lipinski definition) is 4. The number of fused-ring (bicyclic) bond motifs is 3. The van der Waals surface area contributed by atoms with Crippen LogP contribution in [0.5, 0.6) is 0 Å². The number of pyridine rings is 1. The Morgan fingerprint density at radius 2 is 1.92 bits per heavy atom. The molecule has 0 unspecified atom stereocenters. The summed E-state index contributed by atoms with van der Waals surface area (Å²) in [4.78, 5) is 12.5. The molecule has 0 aliphatic heterocycles. The van der Waals surface area contributed by atoms with Gasteiger partial charge in [-0.05, 0) is 24.3 Å². The van der Waals surface area contributed by atoms with Crippen LogP contribution in [0.25, 0.3) is 16.7 Å². The molecule has 0 aliphatic rings. The number of hydrogen-bond donors (Lipinski definition) is 1. The Hall–Kier alpha value is -2.87. The fraction of sp³-hybridized carbons (Fsp3) is 0.0625. The number of imidazole rings is 1. The molecule has 3 heterocycles. The van der Waals surface area contributed by atoms with Gasteiger partial charge in [-0.25, -0.2) is 15.0 Å². The van der Waals surface area contributed by atoms with Gasteiger partial charge in [-0.15, -0.1) is 0 Å². The van der Waals surface area contributed by atoms with E-state index in [0.29, 0.717) is 27.5 Å². The van der Waals surface area contributed by atoms with E-state index in [2.05, 4.69) is 20.3 Å². The fourth-order valence-corrected chi connectivity index (χ4v) is 2.76. The Morgan fingerprint density at radius 3 is 2.64 bits per heavy atom. The highest BCUT2D eigenvalue weighted by Crippen LogP contribution is 2.30. The topological polar surface area (TPSA) is 55.1 Å². The van der Waals surface area contributed by atoms with Crippen molar-refractivity contribution in [3.8, 4) is 0 Å². The van der Waals surface area contributed by atoms with Crippen LogP contribution in [0.15, 0.2) is 48.9 Å². The summed E-state index contributed by atoms with van der Waals surface area (Å²) >= 11 is 6.24. The third-order valence-corrected chi connectivity index (χ3v) is 3.93. The second-order valence-corrected chi connectivity index (χ2v) is 5.65. The van der Waals surface area contributed by atoms with Crippen LogP contribution in [-0.2, 0) is 6.18 Å². The van der Waals surface area contributed by atoms with Crippen LogP contribution in [0.3, 0.4) is 0 Å². The molecule has 3 aromatic heterocycles. The molecule has 9 heteroatoms. The average Bonchev–Trinajstić information content (AvgIpc) is 3.04. The van der Waals surface area contributed by atoms with Gasteiger partial charge in [-0.1, -0.05) is 17.7 Å². The molecule has 0 bridgehead atoms. The molecule has 0 saturated heterocycles. The molecule has 0 fully saturated rings. The summed E-state index contributed by atoms with van der Waals surface area (Å²) in [5.74, 6) is 0.596. The monoisotopic (exact) mass is 363 g/mol. The van der Waals surface area contributed by atoms with Crippen molar-refractivity contribution in [2.45, 2.75) is 6.18 Å². The first-order valence-corrected chi connectivity index (χ1v) is 7.53. The predicted octanol–water partition coefficient (Wildman–Crippen LogP) is 4.69. The molecule has 4 rings (SSSR count). The lowest BCUT2D eigenvalue weighted by atomic mass is 10.3. The number of nitrogens with one attached hydrogen (secondary N) is 1. The minimum Gasteiger partial charge on any atom is -0.322 e. The van der Waals surface area contributed by atoms with Gasteiger partial charge in [0.05, 0.1) is 21.6 Å². The first-order chi connectivity index (χ1) is 11.9. The van der Waals surface area contributed by atoms with Crippen molar-refractivity contribution in [3.63, 3.8) is 0 Å². The maximum Gasteiger partial charge on any atom is 0.417 e. The zero-order valence-electron chi connectivity index (χ0n) is 12.4. The van der Waals surface area contributed by atoms with Gasteiger partial charge in [0, 0.05) is 18.6 Å². The normalized spacial score (nSPS) is 12.0. The zero-order valence-corrected chi connectivity index (χ0v) is 13.2. The van der Waals surface area contributed by atoms with E-state index in [1.54, 1.807) is 35.0 Å². The van der Waals surface area contributed by atoms with Gasteiger partial charge in [0.15, 0.2) is 11.5 Å². The average molecular weight is 364 g/mol. The van der Waals surface area contributed by atoms with E-state index in [1.807, 2.05) is 0 Å². The summed E-state index contributed by atoms with van der Waals surface area (Å²) in [5.41, 5.74) is 0.986. The van der Waals surface area contributed by atoms with Crippen LogP contribution in [-0.4, -0.2) is 19.4 Å². The van der Waals surface area contributed by atoms with Crippen molar-refractivity contribution in [2.75, 3.05) is 5.32 Å². The summed E-state index contributed by atoms with van der Waals surface area (Å²) < 4.78 is 39.6. The molecule has 5 nitrogen and oxygen atoms in total. The maximum absolute atomic E-state index is 12.6. The summed E-state index contributed by atoms with van der Waals surface area (Å²) in [6.07, 6.45) is -0.343. The lowest BCUT2D eigenvalue weighted by Crippen LogP contribution is -2.06. The highest BCUT2D eigenvalue weighted by atomic mass is 35.5. The Balaban J connectivity index is 1.80. The number of para-hydroxylation sites is 1. The highest BCUT2D eigenvalue weighted by Gasteiger charge is 2.30. The SMILES string of the molecule is FC(F)(F)c1ccc(Nc2nc3cccc(Cl)c3n3ccnc23)nc1. The van der Waals surface area contributed by atoms with Gasteiger partial charge in [0.25, 0.3) is 0 Å². The van der Waals surface area contributed by atoms with Crippen LogP contribution in [0, 0.1) is 0 Å². The third-order valence-electron chi connectivity index (χ3n) is 3.63. The number of halogens is 4. The molecule has 126 valence electrons. The molecular formula is C16H9ClF3N5. The molecule has 25 heavy (non-hydrogen) atoms. The summed E-state index contributed by atoms with van der Waals surface area (Å²) in [6.45, 7) is 0. The Bertz CT molecular complexity index is 1070. The van der Waals surface area contributed by atoms with E-state index in [1.165, 1.54) is 6.07 Å². The molecule has 0 saturated carbocycles. The quantitative estimate of drug-likeness (QED) is 0.561. The van der Waals surface area contributed by atoms with Crippen LogP contribution < -0.4 is 5.32 Å². The van der Waals surface area contributed by atoms with E-state index >= 15 is 0 Å². The smallest absolute Gasteiger partial charge is 0.322 e. The first-order valence-electron chi connectivity index (χ1n) is 7.15. The molecule has 4 aromatic rings.